The van der Waals surface area contributed by atoms with Crippen LogP contribution in [0, 0.1) is 10.1 Å². The number of methoxy groups -OCH3 is 1. The van der Waals surface area contributed by atoms with E-state index in [2.05, 4.69) is 5.32 Å². The second-order valence-corrected chi connectivity index (χ2v) is 5.89. The maximum absolute atomic E-state index is 10.8. The molecular formula is C14H21ClN2O3. The van der Waals surface area contributed by atoms with Crippen LogP contribution in [0.2, 0.25) is 5.02 Å². The Morgan fingerprint density at radius 2 is 2.15 bits per heavy atom. The fraction of sp³-hybridized carbons (Fsp3) is 0.571. The van der Waals surface area contributed by atoms with Gasteiger partial charge >= 0.3 is 0 Å². The normalized spacial score (nSPS) is 13.2. The number of rotatable bonds is 7. The van der Waals surface area contributed by atoms with Gasteiger partial charge in [-0.2, -0.15) is 0 Å². The first kappa shape index (κ1) is 16.9. The van der Waals surface area contributed by atoms with Crippen molar-refractivity contribution in [3.05, 3.63) is 38.9 Å². The summed E-state index contributed by atoms with van der Waals surface area (Å²) in [5.74, 6) is 0. The van der Waals surface area contributed by atoms with Gasteiger partial charge in [0.25, 0.3) is 5.69 Å². The number of nitrogens with one attached hydrogen (secondary N) is 1. The highest BCUT2D eigenvalue weighted by molar-refractivity contribution is 6.31. The molecule has 20 heavy (non-hydrogen) atoms. The summed E-state index contributed by atoms with van der Waals surface area (Å²) in [6.45, 7) is 6.57. The van der Waals surface area contributed by atoms with E-state index < -0.39 is 4.92 Å². The molecule has 1 aromatic carbocycles. The van der Waals surface area contributed by atoms with E-state index in [0.717, 1.165) is 12.0 Å². The van der Waals surface area contributed by atoms with Gasteiger partial charge in [-0.25, -0.2) is 0 Å². The van der Waals surface area contributed by atoms with Crippen molar-refractivity contribution < 1.29 is 9.66 Å². The Hall–Kier alpha value is -1.17. The van der Waals surface area contributed by atoms with Crippen LogP contribution < -0.4 is 5.32 Å². The maximum Gasteiger partial charge on any atom is 0.269 e. The summed E-state index contributed by atoms with van der Waals surface area (Å²) in [4.78, 5) is 10.3. The Morgan fingerprint density at radius 3 is 2.70 bits per heavy atom. The molecule has 0 radical (unpaired) electrons. The SMILES string of the molecule is COC(C)(C)CC(C)NCc1cc([N+](=O)[O-])ccc1Cl. The van der Waals surface area contributed by atoms with Crippen molar-refractivity contribution in [2.24, 2.45) is 0 Å². The Kier molecular flexibility index (Phi) is 5.92. The van der Waals surface area contributed by atoms with Gasteiger partial charge in [0.05, 0.1) is 10.5 Å². The molecular weight excluding hydrogens is 280 g/mol. The fourth-order valence-electron chi connectivity index (χ4n) is 1.99. The fourth-order valence-corrected chi connectivity index (χ4v) is 2.17. The second-order valence-electron chi connectivity index (χ2n) is 5.48. The molecule has 112 valence electrons. The zero-order chi connectivity index (χ0) is 15.3. The lowest BCUT2D eigenvalue weighted by atomic mass is 9.99. The van der Waals surface area contributed by atoms with E-state index in [4.69, 9.17) is 16.3 Å². The largest absolute Gasteiger partial charge is 0.379 e. The van der Waals surface area contributed by atoms with Gasteiger partial charge in [0.15, 0.2) is 0 Å². The molecule has 0 saturated heterocycles. The van der Waals surface area contributed by atoms with Crippen LogP contribution in [0.5, 0.6) is 0 Å². The van der Waals surface area contributed by atoms with Crippen molar-refractivity contribution >= 4 is 17.3 Å². The van der Waals surface area contributed by atoms with Crippen LogP contribution in [-0.4, -0.2) is 23.7 Å². The molecule has 1 atom stereocenters. The lowest BCUT2D eigenvalue weighted by molar-refractivity contribution is -0.384. The Balaban J connectivity index is 2.65. The second kappa shape index (κ2) is 7.02. The van der Waals surface area contributed by atoms with E-state index in [1.807, 2.05) is 20.8 Å². The molecule has 0 heterocycles. The predicted molar refractivity (Wildman–Crippen MR) is 80.1 cm³/mol. The van der Waals surface area contributed by atoms with Crippen molar-refractivity contribution in [2.75, 3.05) is 7.11 Å². The van der Waals surface area contributed by atoms with Crippen molar-refractivity contribution in [3.8, 4) is 0 Å². The molecule has 0 spiro atoms. The number of nitro benzene ring substituents is 1. The predicted octanol–water partition coefficient (Wildman–Crippen LogP) is 3.54. The zero-order valence-electron chi connectivity index (χ0n) is 12.3. The van der Waals surface area contributed by atoms with Gasteiger partial charge in [0, 0.05) is 36.9 Å². The van der Waals surface area contributed by atoms with Gasteiger partial charge < -0.3 is 10.1 Å². The standard InChI is InChI=1S/C14H21ClN2O3/c1-10(8-14(2,3)20-4)16-9-11-7-12(17(18)19)5-6-13(11)15/h5-7,10,16H,8-9H2,1-4H3. The zero-order valence-corrected chi connectivity index (χ0v) is 13.0. The van der Waals surface area contributed by atoms with Crippen LogP contribution in [0.15, 0.2) is 18.2 Å². The first-order valence-corrected chi connectivity index (χ1v) is 6.84. The number of nitrogens with zero attached hydrogens (tertiary/aromatic N) is 1. The first-order chi connectivity index (χ1) is 9.25. The van der Waals surface area contributed by atoms with Crippen LogP contribution in [-0.2, 0) is 11.3 Å². The average Bonchev–Trinajstić information content (AvgIpc) is 2.37. The number of ether oxygens (including phenoxy) is 1. The van der Waals surface area contributed by atoms with Crippen LogP contribution in [0.25, 0.3) is 0 Å². The summed E-state index contributed by atoms with van der Waals surface area (Å²) < 4.78 is 5.38. The number of halogens is 1. The van der Waals surface area contributed by atoms with Gasteiger partial charge in [-0.05, 0) is 38.8 Å². The van der Waals surface area contributed by atoms with Crippen molar-refractivity contribution in [1.82, 2.24) is 5.32 Å². The third kappa shape index (κ3) is 5.07. The molecule has 1 rings (SSSR count). The molecule has 1 aromatic rings. The number of nitro groups is 1. The van der Waals surface area contributed by atoms with E-state index in [9.17, 15) is 10.1 Å². The number of hydrogen-bond acceptors (Lipinski definition) is 4. The number of non-ortho nitro benzene ring substituents is 1. The third-order valence-corrected chi connectivity index (χ3v) is 3.60. The lowest BCUT2D eigenvalue weighted by Crippen LogP contribution is -2.35. The average molecular weight is 301 g/mol. The molecule has 5 nitrogen and oxygen atoms in total. The molecule has 0 aliphatic carbocycles. The van der Waals surface area contributed by atoms with Gasteiger partial charge in [0.2, 0.25) is 0 Å². The molecule has 0 aromatic heterocycles. The molecule has 0 fully saturated rings. The van der Waals surface area contributed by atoms with Crippen molar-refractivity contribution in [1.29, 1.82) is 0 Å². The number of benzene rings is 1. The molecule has 1 N–H and O–H groups in total. The van der Waals surface area contributed by atoms with E-state index in [1.54, 1.807) is 13.2 Å². The summed E-state index contributed by atoms with van der Waals surface area (Å²) in [6, 6.07) is 4.67. The minimum atomic E-state index is -0.419. The summed E-state index contributed by atoms with van der Waals surface area (Å²) in [6.07, 6.45) is 0.829. The summed E-state index contributed by atoms with van der Waals surface area (Å²) >= 11 is 6.06. The van der Waals surface area contributed by atoms with Crippen molar-refractivity contribution in [2.45, 2.75) is 45.4 Å². The molecule has 0 amide bonds. The summed E-state index contributed by atoms with van der Waals surface area (Å²) in [5.41, 5.74) is 0.567. The van der Waals surface area contributed by atoms with E-state index in [1.165, 1.54) is 12.1 Å². The van der Waals surface area contributed by atoms with E-state index >= 15 is 0 Å². The van der Waals surface area contributed by atoms with Gasteiger partial charge in [-0.1, -0.05) is 11.6 Å². The quantitative estimate of drug-likeness (QED) is 0.618. The summed E-state index contributed by atoms with van der Waals surface area (Å²) in [5, 5.41) is 14.6. The highest BCUT2D eigenvalue weighted by Crippen LogP contribution is 2.22. The van der Waals surface area contributed by atoms with Gasteiger partial charge in [0.1, 0.15) is 0 Å². The minimum Gasteiger partial charge on any atom is -0.379 e. The molecule has 0 saturated carbocycles. The van der Waals surface area contributed by atoms with Crippen LogP contribution in [0.1, 0.15) is 32.8 Å². The highest BCUT2D eigenvalue weighted by atomic mass is 35.5. The Morgan fingerprint density at radius 1 is 1.50 bits per heavy atom. The Labute approximate surface area is 124 Å². The molecule has 1 unspecified atom stereocenters. The van der Waals surface area contributed by atoms with E-state index in [0.29, 0.717) is 11.6 Å². The topological polar surface area (TPSA) is 64.4 Å². The van der Waals surface area contributed by atoms with Crippen LogP contribution >= 0.6 is 11.6 Å². The van der Waals surface area contributed by atoms with Crippen LogP contribution in [0.4, 0.5) is 5.69 Å². The van der Waals surface area contributed by atoms with E-state index in [-0.39, 0.29) is 17.3 Å². The monoisotopic (exact) mass is 300 g/mol. The number of hydrogen-bond donors (Lipinski definition) is 1. The molecule has 0 aliphatic heterocycles. The maximum atomic E-state index is 10.8. The van der Waals surface area contributed by atoms with Crippen molar-refractivity contribution in [3.63, 3.8) is 0 Å². The molecule has 0 aliphatic rings. The summed E-state index contributed by atoms with van der Waals surface area (Å²) in [7, 11) is 1.68. The third-order valence-electron chi connectivity index (χ3n) is 3.23. The molecule has 6 heteroatoms. The highest BCUT2D eigenvalue weighted by Gasteiger charge is 2.20. The first-order valence-electron chi connectivity index (χ1n) is 6.46. The van der Waals surface area contributed by atoms with Crippen LogP contribution in [0.3, 0.4) is 0 Å². The molecule has 0 bridgehead atoms. The minimum absolute atomic E-state index is 0.0519. The lowest BCUT2D eigenvalue weighted by Gasteiger charge is -2.27. The smallest absolute Gasteiger partial charge is 0.269 e. The van der Waals surface area contributed by atoms with Gasteiger partial charge in [-0.3, -0.25) is 10.1 Å². The Bertz CT molecular complexity index is 477. The van der Waals surface area contributed by atoms with Gasteiger partial charge in [-0.15, -0.1) is 0 Å².